The van der Waals surface area contributed by atoms with E-state index in [-0.39, 0.29) is 0 Å². The van der Waals surface area contributed by atoms with E-state index in [1.807, 2.05) is 0 Å². The topological polar surface area (TPSA) is 9.23 Å². The van der Waals surface area contributed by atoms with E-state index in [4.69, 9.17) is 4.43 Å². The Morgan fingerprint density at radius 1 is 0.900 bits per heavy atom. The molecule has 0 saturated heterocycles. The first-order valence-corrected chi connectivity index (χ1v) is 14.4. The van der Waals surface area contributed by atoms with Crippen molar-refractivity contribution in [1.29, 1.82) is 0 Å². The average Bonchev–Trinajstić information content (AvgIpc) is 2.74. The van der Waals surface area contributed by atoms with Gasteiger partial charge in [0.2, 0.25) is 0 Å². The molecule has 0 bridgehead atoms. The highest BCUT2D eigenvalue weighted by Gasteiger charge is 2.48. The van der Waals surface area contributed by atoms with E-state index >= 15 is 0 Å². The first-order chi connectivity index (χ1) is 14.4. The number of rotatable bonds is 5. The summed E-state index contributed by atoms with van der Waals surface area (Å²) in [7, 11) is -2.29. The Kier molecular flexibility index (Phi) is 6.55. The van der Waals surface area contributed by atoms with Gasteiger partial charge in [0.05, 0.1) is 0 Å². The molecule has 4 rings (SSSR count). The van der Waals surface area contributed by atoms with Gasteiger partial charge in [-0.2, -0.15) is 0 Å². The van der Waals surface area contributed by atoms with Crippen molar-refractivity contribution in [2.24, 2.45) is 17.8 Å². The number of hydrogen-bond donors (Lipinski definition) is 0. The predicted octanol–water partition coefficient (Wildman–Crippen LogP) is 6.29. The number of hydrogen-bond acceptors (Lipinski definition) is 1. The number of benzene rings is 2. The first-order valence-electron chi connectivity index (χ1n) is 12.3. The SMILES string of the molecule is CC(C)c1ccccc1[Si@@]1(O[C@@H]2C[C@H](C)CC[C@H]2C(C)C)CCCc2ccccc21. The van der Waals surface area contributed by atoms with Crippen LogP contribution in [0.2, 0.25) is 6.04 Å². The monoisotopic (exact) mass is 420 g/mol. The average molecular weight is 421 g/mol. The lowest BCUT2D eigenvalue weighted by molar-refractivity contribution is 0.0416. The molecule has 0 unspecified atom stereocenters. The third kappa shape index (κ3) is 4.06. The fourth-order valence-corrected chi connectivity index (χ4v) is 11.1. The minimum absolute atomic E-state index is 0.395. The van der Waals surface area contributed by atoms with E-state index in [9.17, 15) is 0 Å². The molecule has 0 N–H and O–H groups in total. The Morgan fingerprint density at radius 3 is 2.33 bits per heavy atom. The van der Waals surface area contributed by atoms with Crippen molar-refractivity contribution >= 4 is 18.7 Å². The second-order valence-corrected chi connectivity index (χ2v) is 14.0. The molecule has 4 atom stereocenters. The van der Waals surface area contributed by atoms with Crippen LogP contribution in [0.4, 0.5) is 0 Å². The van der Waals surface area contributed by atoms with Crippen molar-refractivity contribution in [3.05, 3.63) is 59.7 Å². The lowest BCUT2D eigenvalue weighted by atomic mass is 9.75. The lowest BCUT2D eigenvalue weighted by Crippen LogP contribution is -2.66. The van der Waals surface area contributed by atoms with Crippen LogP contribution in [0.25, 0.3) is 0 Å². The highest BCUT2D eigenvalue weighted by atomic mass is 28.4. The van der Waals surface area contributed by atoms with E-state index in [2.05, 4.69) is 83.1 Å². The molecule has 30 heavy (non-hydrogen) atoms. The summed E-state index contributed by atoms with van der Waals surface area (Å²) in [6, 6.07) is 19.7. The van der Waals surface area contributed by atoms with E-state index in [0.29, 0.717) is 23.9 Å². The Morgan fingerprint density at radius 2 is 1.60 bits per heavy atom. The summed E-state index contributed by atoms with van der Waals surface area (Å²) in [6.07, 6.45) is 6.75. The zero-order valence-electron chi connectivity index (χ0n) is 19.7. The molecule has 2 aromatic carbocycles. The number of fused-ring (bicyclic) bond motifs is 1. The fraction of sp³-hybridized carbons (Fsp3) is 0.571. The third-order valence-corrected chi connectivity index (χ3v) is 12.2. The van der Waals surface area contributed by atoms with Gasteiger partial charge in [0.25, 0.3) is 8.32 Å². The van der Waals surface area contributed by atoms with E-state index < -0.39 is 8.32 Å². The smallest absolute Gasteiger partial charge is 0.256 e. The van der Waals surface area contributed by atoms with Crippen LogP contribution in [0.1, 0.15) is 77.3 Å². The molecule has 1 aliphatic heterocycles. The molecular weight excluding hydrogens is 380 g/mol. The van der Waals surface area contributed by atoms with E-state index in [1.54, 1.807) is 15.9 Å². The van der Waals surface area contributed by atoms with Gasteiger partial charge >= 0.3 is 0 Å². The molecule has 0 spiro atoms. The molecule has 1 aliphatic carbocycles. The summed E-state index contributed by atoms with van der Waals surface area (Å²) in [5.41, 5.74) is 3.05. The Balaban J connectivity index is 1.86. The zero-order chi connectivity index (χ0) is 21.3. The second-order valence-electron chi connectivity index (χ2n) is 10.6. The zero-order valence-corrected chi connectivity index (χ0v) is 20.7. The van der Waals surface area contributed by atoms with Crippen molar-refractivity contribution in [2.75, 3.05) is 0 Å². The minimum atomic E-state index is -2.29. The van der Waals surface area contributed by atoms with Crippen LogP contribution in [0.15, 0.2) is 48.5 Å². The maximum atomic E-state index is 7.61. The molecule has 1 heterocycles. The summed E-state index contributed by atoms with van der Waals surface area (Å²) in [5, 5.41) is 3.11. The van der Waals surface area contributed by atoms with Gasteiger partial charge in [-0.25, -0.2) is 0 Å². The van der Waals surface area contributed by atoms with E-state index in [0.717, 1.165) is 5.92 Å². The lowest BCUT2D eigenvalue weighted by Gasteiger charge is -2.46. The van der Waals surface area contributed by atoms with Crippen LogP contribution in [-0.2, 0) is 10.8 Å². The Bertz CT molecular complexity index is 857. The van der Waals surface area contributed by atoms with Crippen LogP contribution >= 0.6 is 0 Å². The van der Waals surface area contributed by atoms with Crippen LogP contribution < -0.4 is 10.4 Å². The van der Waals surface area contributed by atoms with Gasteiger partial charge in [-0.05, 0) is 76.9 Å². The van der Waals surface area contributed by atoms with Crippen LogP contribution in [0.5, 0.6) is 0 Å². The van der Waals surface area contributed by atoms with Gasteiger partial charge in [-0.15, -0.1) is 0 Å². The predicted molar refractivity (Wildman–Crippen MR) is 131 cm³/mol. The summed E-state index contributed by atoms with van der Waals surface area (Å²) < 4.78 is 7.61. The fourth-order valence-electron chi connectivity index (χ4n) is 6.14. The molecule has 0 amide bonds. The Hall–Kier alpha value is -1.38. The quantitative estimate of drug-likeness (QED) is 0.516. The summed E-state index contributed by atoms with van der Waals surface area (Å²) in [5.74, 6) is 2.67. The Labute approximate surface area is 185 Å². The normalized spacial score (nSPS) is 29.2. The minimum Gasteiger partial charge on any atom is -0.405 e. The molecule has 1 nitrogen and oxygen atoms in total. The molecule has 2 aliphatic rings. The van der Waals surface area contributed by atoms with Crippen molar-refractivity contribution in [3.63, 3.8) is 0 Å². The van der Waals surface area contributed by atoms with Gasteiger partial charge in [-0.1, -0.05) is 89.6 Å². The molecule has 1 fully saturated rings. The van der Waals surface area contributed by atoms with Crippen molar-refractivity contribution in [1.82, 2.24) is 0 Å². The maximum Gasteiger partial charge on any atom is 0.256 e. The van der Waals surface area contributed by atoms with Crippen LogP contribution in [0, 0.1) is 17.8 Å². The van der Waals surface area contributed by atoms with Crippen LogP contribution in [0.3, 0.4) is 0 Å². The largest absolute Gasteiger partial charge is 0.405 e. The van der Waals surface area contributed by atoms with Crippen molar-refractivity contribution in [2.45, 2.75) is 84.8 Å². The van der Waals surface area contributed by atoms with Crippen LogP contribution in [-0.4, -0.2) is 14.4 Å². The highest BCUT2D eigenvalue weighted by Crippen LogP contribution is 2.38. The molecular formula is C28H40OSi. The molecule has 0 aromatic heterocycles. The number of aryl methyl sites for hydroxylation is 1. The van der Waals surface area contributed by atoms with Gasteiger partial charge in [0.1, 0.15) is 0 Å². The highest BCUT2D eigenvalue weighted by molar-refractivity contribution is 6.98. The van der Waals surface area contributed by atoms with Gasteiger partial charge in [-0.3, -0.25) is 0 Å². The molecule has 2 heteroatoms. The van der Waals surface area contributed by atoms with Crippen molar-refractivity contribution < 1.29 is 4.43 Å². The summed E-state index contributed by atoms with van der Waals surface area (Å²) >= 11 is 0. The van der Waals surface area contributed by atoms with Crippen molar-refractivity contribution in [3.8, 4) is 0 Å². The van der Waals surface area contributed by atoms with E-state index in [1.165, 1.54) is 43.7 Å². The summed E-state index contributed by atoms with van der Waals surface area (Å²) in [6.45, 7) is 11.9. The molecule has 162 valence electrons. The molecule has 2 aromatic rings. The van der Waals surface area contributed by atoms with Gasteiger partial charge in [0, 0.05) is 6.10 Å². The van der Waals surface area contributed by atoms with Gasteiger partial charge in [0.15, 0.2) is 0 Å². The summed E-state index contributed by atoms with van der Waals surface area (Å²) in [4.78, 5) is 0. The molecule has 0 radical (unpaired) electrons. The van der Waals surface area contributed by atoms with Gasteiger partial charge < -0.3 is 4.43 Å². The third-order valence-electron chi connectivity index (χ3n) is 7.76. The maximum absolute atomic E-state index is 7.61. The first kappa shape index (κ1) is 21.8. The standard InChI is InChI=1S/C28H40OSi/c1-20(2)24-17-16-22(5)19-26(24)29-30(28-15-9-7-13-25(28)21(3)4)18-10-12-23-11-6-8-14-27(23)30/h6-9,11,13-15,20-22,24,26H,10,12,16-19H2,1-5H3/t22-,24+,26-,30-/m1/s1. The molecule has 1 saturated carbocycles. The second kappa shape index (κ2) is 9.00.